The second kappa shape index (κ2) is 9.72. The van der Waals surface area contributed by atoms with Gasteiger partial charge in [0, 0.05) is 51.6 Å². The van der Waals surface area contributed by atoms with Crippen LogP contribution < -0.4 is 10.2 Å². The lowest BCUT2D eigenvalue weighted by molar-refractivity contribution is -0.140. The van der Waals surface area contributed by atoms with Crippen LogP contribution >= 0.6 is 0 Å². The highest BCUT2D eigenvalue weighted by atomic mass is 19.4. The molecule has 0 aromatic carbocycles. The van der Waals surface area contributed by atoms with Gasteiger partial charge < -0.3 is 20.1 Å². The third kappa shape index (κ3) is 5.58. The van der Waals surface area contributed by atoms with Crippen LogP contribution in [0.3, 0.4) is 0 Å². The van der Waals surface area contributed by atoms with Gasteiger partial charge in [-0.05, 0) is 32.0 Å². The number of nitrogens with zero attached hydrogens (tertiary/aromatic N) is 5. The van der Waals surface area contributed by atoms with E-state index in [-0.39, 0.29) is 28.4 Å². The number of rotatable bonds is 5. The van der Waals surface area contributed by atoms with Crippen LogP contribution in [-0.2, 0) is 9.59 Å². The molecule has 1 fully saturated rings. The smallest absolute Gasteiger partial charge is 0.345 e. The van der Waals surface area contributed by atoms with Gasteiger partial charge in [0.1, 0.15) is 24.1 Å². The van der Waals surface area contributed by atoms with Gasteiger partial charge in [-0.15, -0.1) is 0 Å². The Kier molecular flexibility index (Phi) is 6.72. The molecule has 35 heavy (non-hydrogen) atoms. The van der Waals surface area contributed by atoms with Crippen LogP contribution in [0.15, 0.2) is 48.4 Å². The molecule has 4 heterocycles. The van der Waals surface area contributed by atoms with Crippen molar-refractivity contribution in [3.63, 3.8) is 0 Å². The highest BCUT2D eigenvalue weighted by Crippen LogP contribution is 2.27. The van der Waals surface area contributed by atoms with Gasteiger partial charge in [0.25, 0.3) is 0 Å². The third-order valence-corrected chi connectivity index (χ3v) is 5.50. The molecule has 3 aromatic heterocycles. The molecule has 1 saturated heterocycles. The van der Waals surface area contributed by atoms with Crippen molar-refractivity contribution in [2.45, 2.75) is 26.1 Å². The lowest BCUT2D eigenvalue weighted by atomic mass is 10.1. The van der Waals surface area contributed by atoms with Gasteiger partial charge in [-0.1, -0.05) is 5.57 Å². The zero-order chi connectivity index (χ0) is 25.2. The minimum absolute atomic E-state index is 0. The summed E-state index contributed by atoms with van der Waals surface area (Å²) >= 11 is 0. The molecule has 12 heteroatoms. The molecule has 0 spiro atoms. The molecule has 0 bridgehead atoms. The SMILES string of the molecule is CC(C)=CC(=O)N1CCN(c2ccnc(-c3c[nH]c4ncccc34)n2)[C@@H](C(=O)NCC(F)(F)F)C1.[HH].[HH]. The zero-order valence-corrected chi connectivity index (χ0v) is 19.1. The van der Waals surface area contributed by atoms with Gasteiger partial charge in [-0.2, -0.15) is 13.2 Å². The van der Waals surface area contributed by atoms with Crippen LogP contribution in [-0.4, -0.2) is 75.0 Å². The predicted molar refractivity (Wildman–Crippen MR) is 128 cm³/mol. The lowest BCUT2D eigenvalue weighted by Gasteiger charge is -2.41. The van der Waals surface area contributed by atoms with E-state index in [2.05, 4.69) is 19.9 Å². The first kappa shape index (κ1) is 24.2. The molecule has 3 aromatic rings. The van der Waals surface area contributed by atoms with Crippen LogP contribution in [0.5, 0.6) is 0 Å². The highest BCUT2D eigenvalue weighted by molar-refractivity contribution is 5.92. The van der Waals surface area contributed by atoms with Crippen molar-refractivity contribution in [3.05, 3.63) is 48.4 Å². The first-order chi connectivity index (χ1) is 16.6. The van der Waals surface area contributed by atoms with E-state index >= 15 is 0 Å². The van der Waals surface area contributed by atoms with E-state index in [0.29, 0.717) is 22.9 Å². The van der Waals surface area contributed by atoms with E-state index in [1.807, 2.05) is 11.4 Å². The second-order valence-electron chi connectivity index (χ2n) is 8.39. The summed E-state index contributed by atoms with van der Waals surface area (Å²) in [6, 6.07) is 4.18. The first-order valence-corrected chi connectivity index (χ1v) is 10.9. The molecule has 0 aliphatic carbocycles. The number of halogens is 3. The number of alkyl halides is 3. The summed E-state index contributed by atoms with van der Waals surface area (Å²) in [6.45, 7) is 2.48. The first-order valence-electron chi connectivity index (χ1n) is 10.9. The van der Waals surface area contributed by atoms with Crippen molar-refractivity contribution < 1.29 is 25.6 Å². The van der Waals surface area contributed by atoms with Crippen LogP contribution in [0.1, 0.15) is 16.7 Å². The molecule has 1 aliphatic heterocycles. The Morgan fingerprint density at radius 3 is 2.77 bits per heavy atom. The van der Waals surface area contributed by atoms with E-state index in [9.17, 15) is 22.8 Å². The molecule has 2 N–H and O–H groups in total. The minimum atomic E-state index is -4.56. The Bertz CT molecular complexity index is 1280. The van der Waals surface area contributed by atoms with E-state index in [1.54, 1.807) is 43.3 Å². The molecule has 0 saturated carbocycles. The minimum Gasteiger partial charge on any atom is -0.345 e. The van der Waals surface area contributed by atoms with Crippen LogP contribution in [0.25, 0.3) is 22.4 Å². The quantitative estimate of drug-likeness (QED) is 0.531. The maximum atomic E-state index is 12.8. The molecule has 0 unspecified atom stereocenters. The number of H-pyrrole nitrogens is 1. The Morgan fingerprint density at radius 1 is 1.23 bits per heavy atom. The van der Waals surface area contributed by atoms with Crippen molar-refractivity contribution in [1.82, 2.24) is 30.2 Å². The Morgan fingerprint density at radius 2 is 2.03 bits per heavy atom. The molecule has 4 rings (SSSR count). The standard InChI is InChI=1S/C23H24F3N7O2.2H2/c1-14(2)10-19(34)32-8-9-33(17(12-32)22(35)30-13-23(24,25)26)18-5-7-28-21(31-18)16-11-29-20-15(16)4-3-6-27-20;;/h3-7,10-11,17H,8-9,12-13H2,1-2H3,(H,27,29)(H,30,35);2*1H/t17-;;/m1../s1. The summed E-state index contributed by atoms with van der Waals surface area (Å²) in [5, 5.41) is 2.75. The van der Waals surface area contributed by atoms with Gasteiger partial charge in [-0.3, -0.25) is 9.59 Å². The summed E-state index contributed by atoms with van der Waals surface area (Å²) in [7, 11) is 0. The van der Waals surface area contributed by atoms with Gasteiger partial charge >= 0.3 is 6.18 Å². The topological polar surface area (TPSA) is 107 Å². The molecular formula is C23H28F3N7O2. The second-order valence-corrected chi connectivity index (χ2v) is 8.39. The molecule has 1 atom stereocenters. The summed E-state index contributed by atoms with van der Waals surface area (Å²) in [6.07, 6.45) is 1.78. The Labute approximate surface area is 202 Å². The van der Waals surface area contributed by atoms with E-state index in [1.165, 1.54) is 17.2 Å². The molecule has 2 amide bonds. The van der Waals surface area contributed by atoms with Crippen LogP contribution in [0.2, 0.25) is 0 Å². The van der Waals surface area contributed by atoms with Gasteiger partial charge in [-0.25, -0.2) is 15.0 Å². The molecule has 1 aliphatic rings. The average molecular weight is 492 g/mol. The fourth-order valence-electron chi connectivity index (χ4n) is 3.90. The van der Waals surface area contributed by atoms with E-state index in [4.69, 9.17) is 0 Å². The van der Waals surface area contributed by atoms with Gasteiger partial charge in [0.05, 0.1) is 6.54 Å². The third-order valence-electron chi connectivity index (χ3n) is 5.50. The maximum Gasteiger partial charge on any atom is 0.405 e. The number of pyridine rings is 1. The molecular weight excluding hydrogens is 463 g/mol. The van der Waals surface area contributed by atoms with E-state index < -0.39 is 24.7 Å². The summed E-state index contributed by atoms with van der Waals surface area (Å²) < 4.78 is 38.3. The van der Waals surface area contributed by atoms with Gasteiger partial charge in [0.2, 0.25) is 11.8 Å². The number of carbonyl (C=O) groups excluding carboxylic acids is 2. The molecule has 9 nitrogen and oxygen atoms in total. The lowest BCUT2D eigenvalue weighted by Crippen LogP contribution is -2.61. The number of allylic oxidation sites excluding steroid dienone is 1. The number of piperazine rings is 1. The number of carbonyl (C=O) groups is 2. The van der Waals surface area contributed by atoms with Crippen molar-refractivity contribution in [2.24, 2.45) is 0 Å². The fraction of sp³-hybridized carbons (Fsp3) is 0.348. The number of amides is 2. The average Bonchev–Trinajstić information content (AvgIpc) is 3.25. The molecule has 0 radical (unpaired) electrons. The number of aromatic amines is 1. The monoisotopic (exact) mass is 491 g/mol. The predicted octanol–water partition coefficient (Wildman–Crippen LogP) is 3.17. The normalized spacial score (nSPS) is 16.3. The molecule has 188 valence electrons. The number of nitrogens with one attached hydrogen (secondary N) is 2. The van der Waals surface area contributed by atoms with Crippen molar-refractivity contribution in [2.75, 3.05) is 31.1 Å². The maximum absolute atomic E-state index is 12.8. The number of fused-ring (bicyclic) bond motifs is 1. The number of hydrogen-bond acceptors (Lipinski definition) is 6. The van der Waals surface area contributed by atoms with Crippen molar-refractivity contribution in [3.8, 4) is 11.4 Å². The summed E-state index contributed by atoms with van der Waals surface area (Å²) in [4.78, 5) is 44.7. The Hall–Kier alpha value is -3.96. The summed E-state index contributed by atoms with van der Waals surface area (Å²) in [5.41, 5.74) is 2.14. The van der Waals surface area contributed by atoms with E-state index in [0.717, 1.165) is 11.0 Å². The van der Waals surface area contributed by atoms with Crippen LogP contribution in [0.4, 0.5) is 19.0 Å². The van der Waals surface area contributed by atoms with Crippen molar-refractivity contribution in [1.29, 1.82) is 0 Å². The zero-order valence-electron chi connectivity index (χ0n) is 19.1. The summed E-state index contributed by atoms with van der Waals surface area (Å²) in [5.74, 6) is -0.393. The fourth-order valence-corrected chi connectivity index (χ4v) is 3.90. The number of anilines is 1. The van der Waals surface area contributed by atoms with Gasteiger partial charge in [0.15, 0.2) is 5.82 Å². The Balaban J connectivity index is 0.00000241. The number of aromatic nitrogens is 4. The van der Waals surface area contributed by atoms with Crippen molar-refractivity contribution >= 4 is 28.7 Å². The largest absolute Gasteiger partial charge is 0.405 e. The number of hydrogen-bond donors (Lipinski definition) is 2. The highest BCUT2D eigenvalue weighted by Gasteiger charge is 2.37. The van der Waals surface area contributed by atoms with Crippen LogP contribution in [0, 0.1) is 0 Å².